The van der Waals surface area contributed by atoms with Gasteiger partial charge in [-0.2, -0.15) is 0 Å². The van der Waals surface area contributed by atoms with E-state index in [1.807, 2.05) is 11.8 Å². The van der Waals surface area contributed by atoms with Gasteiger partial charge < -0.3 is 10.6 Å². The van der Waals surface area contributed by atoms with Crippen molar-refractivity contribution < 1.29 is 4.79 Å². The number of piperidine rings is 1. The lowest BCUT2D eigenvalue weighted by Crippen LogP contribution is -2.46. The maximum absolute atomic E-state index is 12.0. The normalized spacial score (nSPS) is 22.5. The molecular weight excluding hydrogens is 218 g/mol. The molecule has 0 radical (unpaired) electrons. The van der Waals surface area contributed by atoms with E-state index < -0.39 is 0 Å². The average Bonchev–Trinajstić information content (AvgIpc) is 2.82. The Morgan fingerprint density at radius 1 is 1.65 bits per heavy atom. The van der Waals surface area contributed by atoms with Crippen LogP contribution in [0, 0.1) is 5.92 Å². The Labute approximate surface area is 101 Å². The molecule has 17 heavy (non-hydrogen) atoms. The Morgan fingerprint density at radius 2 is 2.47 bits per heavy atom. The highest BCUT2D eigenvalue weighted by molar-refractivity contribution is 5.76. The van der Waals surface area contributed by atoms with E-state index in [1.165, 1.54) is 0 Å². The molecule has 0 spiro atoms. The van der Waals surface area contributed by atoms with Gasteiger partial charge in [0.15, 0.2) is 0 Å². The molecule has 2 rings (SSSR count). The number of nitrogens with two attached hydrogens (primary N) is 1. The third-order valence-corrected chi connectivity index (χ3v) is 3.32. The molecule has 0 saturated carbocycles. The lowest BCUT2D eigenvalue weighted by molar-refractivity contribution is -0.134. The molecule has 1 amide bonds. The number of amides is 1. The second-order valence-electron chi connectivity index (χ2n) is 4.70. The number of aromatic nitrogens is 3. The fourth-order valence-electron chi connectivity index (χ4n) is 2.22. The zero-order valence-electron chi connectivity index (χ0n) is 10.1. The highest BCUT2D eigenvalue weighted by Gasteiger charge is 2.25. The zero-order chi connectivity index (χ0) is 12.3. The van der Waals surface area contributed by atoms with Crippen LogP contribution in [0.5, 0.6) is 0 Å². The third-order valence-electron chi connectivity index (χ3n) is 3.32. The lowest BCUT2D eigenvalue weighted by atomic mass is 9.92. The fraction of sp³-hybridized carbons (Fsp3) is 0.727. The number of hydrogen-bond donors (Lipinski definition) is 1. The van der Waals surface area contributed by atoms with Gasteiger partial charge in [0.25, 0.3) is 0 Å². The van der Waals surface area contributed by atoms with Crippen LogP contribution in [0.1, 0.15) is 19.8 Å². The van der Waals surface area contributed by atoms with Crippen molar-refractivity contribution in [1.29, 1.82) is 0 Å². The van der Waals surface area contributed by atoms with E-state index in [1.54, 1.807) is 17.1 Å². The molecule has 2 N–H and O–H groups in total. The first-order valence-corrected chi connectivity index (χ1v) is 6.04. The second kappa shape index (κ2) is 5.27. The van der Waals surface area contributed by atoms with Crippen LogP contribution >= 0.6 is 0 Å². The van der Waals surface area contributed by atoms with Crippen molar-refractivity contribution in [3.63, 3.8) is 0 Å². The monoisotopic (exact) mass is 237 g/mol. The van der Waals surface area contributed by atoms with Gasteiger partial charge in [-0.15, -0.1) is 5.10 Å². The molecule has 6 nitrogen and oxygen atoms in total. The molecule has 2 atom stereocenters. The highest BCUT2D eigenvalue weighted by Crippen LogP contribution is 2.18. The highest BCUT2D eigenvalue weighted by atomic mass is 16.2. The van der Waals surface area contributed by atoms with Gasteiger partial charge in [-0.3, -0.25) is 4.79 Å². The van der Waals surface area contributed by atoms with Gasteiger partial charge in [0.05, 0.1) is 6.20 Å². The van der Waals surface area contributed by atoms with Crippen molar-refractivity contribution >= 4 is 5.91 Å². The van der Waals surface area contributed by atoms with Gasteiger partial charge in [-0.1, -0.05) is 5.21 Å². The van der Waals surface area contributed by atoms with Crippen molar-refractivity contribution in [3.8, 4) is 0 Å². The maximum atomic E-state index is 12.0. The van der Waals surface area contributed by atoms with Gasteiger partial charge in [0, 0.05) is 25.3 Å². The van der Waals surface area contributed by atoms with Crippen molar-refractivity contribution in [3.05, 3.63) is 12.4 Å². The van der Waals surface area contributed by atoms with Gasteiger partial charge >= 0.3 is 0 Å². The summed E-state index contributed by atoms with van der Waals surface area (Å²) in [4.78, 5) is 13.9. The van der Waals surface area contributed by atoms with Crippen LogP contribution in [0.25, 0.3) is 0 Å². The Bertz CT molecular complexity index is 362. The number of hydrogen-bond acceptors (Lipinski definition) is 4. The zero-order valence-corrected chi connectivity index (χ0v) is 10.1. The molecule has 2 heterocycles. The molecule has 1 saturated heterocycles. The number of likely N-dealkylation sites (tertiary alicyclic amines) is 1. The van der Waals surface area contributed by atoms with Crippen LogP contribution in [0.4, 0.5) is 0 Å². The SMILES string of the molecule is CC(N)C1CCCN(C(=O)Cn2ccnn2)C1. The summed E-state index contributed by atoms with van der Waals surface area (Å²) in [6, 6.07) is 0.150. The van der Waals surface area contributed by atoms with Gasteiger partial charge in [0.2, 0.25) is 5.91 Å². The first kappa shape index (κ1) is 12.0. The summed E-state index contributed by atoms with van der Waals surface area (Å²) in [6.45, 7) is 3.88. The smallest absolute Gasteiger partial charge is 0.244 e. The van der Waals surface area contributed by atoms with Crippen molar-refractivity contribution in [1.82, 2.24) is 19.9 Å². The standard InChI is InChI=1S/C11H19N5O/c1-9(12)10-3-2-5-15(7-10)11(17)8-16-6-4-13-14-16/h4,6,9-10H,2-3,5,7-8,12H2,1H3. The molecule has 1 fully saturated rings. The van der Waals surface area contributed by atoms with E-state index in [9.17, 15) is 4.79 Å². The lowest BCUT2D eigenvalue weighted by Gasteiger charge is -2.34. The molecule has 1 aliphatic rings. The topological polar surface area (TPSA) is 77.0 Å². The van der Waals surface area contributed by atoms with Crippen LogP contribution < -0.4 is 5.73 Å². The minimum atomic E-state index is 0.0980. The predicted octanol–water partition coefficient (Wildman–Crippen LogP) is -0.136. The van der Waals surface area contributed by atoms with Crippen molar-refractivity contribution in [2.45, 2.75) is 32.4 Å². The molecule has 6 heteroatoms. The summed E-state index contributed by atoms with van der Waals surface area (Å²) in [5.74, 6) is 0.518. The van der Waals surface area contributed by atoms with Crippen LogP contribution in [0.3, 0.4) is 0 Å². The fourth-order valence-corrected chi connectivity index (χ4v) is 2.22. The number of carbonyl (C=O) groups excluding carboxylic acids is 1. The van der Waals surface area contributed by atoms with Gasteiger partial charge in [-0.05, 0) is 25.7 Å². The molecule has 94 valence electrons. The molecule has 0 aromatic carbocycles. The Kier molecular flexibility index (Phi) is 3.73. The van der Waals surface area contributed by atoms with Crippen molar-refractivity contribution in [2.75, 3.05) is 13.1 Å². The molecular formula is C11H19N5O. The average molecular weight is 237 g/mol. The molecule has 1 aromatic rings. The second-order valence-corrected chi connectivity index (χ2v) is 4.70. The summed E-state index contributed by atoms with van der Waals surface area (Å²) in [7, 11) is 0. The Hall–Kier alpha value is -1.43. The minimum absolute atomic E-state index is 0.0980. The summed E-state index contributed by atoms with van der Waals surface area (Å²) < 4.78 is 1.55. The van der Waals surface area contributed by atoms with Crippen LogP contribution in [0.15, 0.2) is 12.4 Å². The number of rotatable bonds is 3. The molecule has 1 aliphatic heterocycles. The number of nitrogens with zero attached hydrogens (tertiary/aromatic N) is 4. The third kappa shape index (κ3) is 3.03. The van der Waals surface area contributed by atoms with Gasteiger partial charge in [-0.25, -0.2) is 4.68 Å². The van der Waals surface area contributed by atoms with Crippen molar-refractivity contribution in [2.24, 2.45) is 11.7 Å². The molecule has 1 aromatic heterocycles. The summed E-state index contributed by atoms with van der Waals surface area (Å²) >= 11 is 0. The summed E-state index contributed by atoms with van der Waals surface area (Å²) in [5.41, 5.74) is 5.90. The Balaban J connectivity index is 1.91. The first-order valence-electron chi connectivity index (χ1n) is 6.04. The van der Waals surface area contributed by atoms with E-state index in [0.29, 0.717) is 5.92 Å². The largest absolute Gasteiger partial charge is 0.341 e. The van der Waals surface area contributed by atoms with E-state index in [-0.39, 0.29) is 18.5 Å². The van der Waals surface area contributed by atoms with E-state index in [4.69, 9.17) is 5.73 Å². The summed E-state index contributed by atoms with van der Waals surface area (Å²) in [5, 5.41) is 7.49. The molecule has 2 unspecified atom stereocenters. The quantitative estimate of drug-likeness (QED) is 0.794. The maximum Gasteiger partial charge on any atom is 0.244 e. The van der Waals surface area contributed by atoms with Gasteiger partial charge in [0.1, 0.15) is 6.54 Å². The summed E-state index contributed by atoms with van der Waals surface area (Å²) in [6.07, 6.45) is 5.43. The van der Waals surface area contributed by atoms with E-state index in [2.05, 4.69) is 10.3 Å². The minimum Gasteiger partial charge on any atom is -0.341 e. The first-order chi connectivity index (χ1) is 8.16. The van der Waals surface area contributed by atoms with E-state index in [0.717, 1.165) is 25.9 Å². The van der Waals surface area contributed by atoms with Crippen LogP contribution in [-0.2, 0) is 11.3 Å². The molecule has 0 bridgehead atoms. The van der Waals surface area contributed by atoms with E-state index >= 15 is 0 Å². The Morgan fingerprint density at radius 3 is 3.12 bits per heavy atom. The van der Waals surface area contributed by atoms with Crippen LogP contribution in [0.2, 0.25) is 0 Å². The predicted molar refractivity (Wildman–Crippen MR) is 63.0 cm³/mol. The molecule has 0 aliphatic carbocycles. The van der Waals surface area contributed by atoms with Crippen LogP contribution in [-0.4, -0.2) is 44.9 Å². The number of carbonyl (C=O) groups is 1.